The lowest BCUT2D eigenvalue weighted by atomic mass is 9.77. The standard InChI is InChI=1S/C28H31F3O/c1-2-3-20-6-11-23(12-7-20)24-13-8-21(9-14-24)4-5-22-10-15-26-19-27(32-28(29,30)31)17-16-25(26)18-22/h8-10,13-20,23H,2-7,11-12H2,1H3/t20-,23-. The summed E-state index contributed by atoms with van der Waals surface area (Å²) in [6.07, 6.45) is 5.23. The molecule has 32 heavy (non-hydrogen) atoms. The van der Waals surface area contributed by atoms with E-state index in [2.05, 4.69) is 42.0 Å². The van der Waals surface area contributed by atoms with Crippen LogP contribution in [-0.4, -0.2) is 6.36 Å². The van der Waals surface area contributed by atoms with E-state index in [-0.39, 0.29) is 5.75 Å². The molecular formula is C28H31F3O. The smallest absolute Gasteiger partial charge is 0.406 e. The van der Waals surface area contributed by atoms with Gasteiger partial charge in [-0.3, -0.25) is 0 Å². The third kappa shape index (κ3) is 6.05. The number of halogens is 3. The molecule has 0 amide bonds. The summed E-state index contributed by atoms with van der Waals surface area (Å²) in [5.74, 6) is 1.46. The number of benzene rings is 3. The summed E-state index contributed by atoms with van der Waals surface area (Å²) >= 11 is 0. The lowest BCUT2D eigenvalue weighted by Gasteiger charge is -2.28. The van der Waals surface area contributed by atoms with Crippen LogP contribution in [0.25, 0.3) is 10.8 Å². The highest BCUT2D eigenvalue weighted by atomic mass is 19.4. The summed E-state index contributed by atoms with van der Waals surface area (Å²) in [6.45, 7) is 2.28. The molecule has 0 aliphatic heterocycles. The molecule has 0 radical (unpaired) electrons. The highest BCUT2D eigenvalue weighted by Crippen LogP contribution is 2.37. The topological polar surface area (TPSA) is 9.23 Å². The molecule has 0 atom stereocenters. The van der Waals surface area contributed by atoms with Crippen LogP contribution in [0.1, 0.15) is 68.1 Å². The largest absolute Gasteiger partial charge is 0.573 e. The Kier molecular flexibility index (Phi) is 7.07. The van der Waals surface area contributed by atoms with Crippen molar-refractivity contribution in [3.05, 3.63) is 77.4 Å². The molecule has 0 unspecified atom stereocenters. The minimum absolute atomic E-state index is 0.184. The molecule has 0 spiro atoms. The first-order valence-electron chi connectivity index (χ1n) is 11.8. The second-order valence-corrected chi connectivity index (χ2v) is 9.14. The first-order valence-corrected chi connectivity index (χ1v) is 11.8. The minimum atomic E-state index is -4.67. The number of ether oxygens (including phenoxy) is 1. The summed E-state index contributed by atoms with van der Waals surface area (Å²) < 4.78 is 41.3. The Balaban J connectivity index is 1.33. The van der Waals surface area contributed by atoms with Gasteiger partial charge >= 0.3 is 6.36 Å². The van der Waals surface area contributed by atoms with Crippen LogP contribution in [0, 0.1) is 5.92 Å². The molecule has 0 N–H and O–H groups in total. The highest BCUT2D eigenvalue weighted by molar-refractivity contribution is 5.84. The van der Waals surface area contributed by atoms with Gasteiger partial charge in [-0.2, -0.15) is 0 Å². The van der Waals surface area contributed by atoms with Crippen molar-refractivity contribution in [2.75, 3.05) is 0 Å². The van der Waals surface area contributed by atoms with E-state index in [0.29, 0.717) is 5.92 Å². The van der Waals surface area contributed by atoms with Gasteiger partial charge in [0.25, 0.3) is 0 Å². The number of hydrogen-bond acceptors (Lipinski definition) is 1. The molecule has 1 nitrogen and oxygen atoms in total. The number of fused-ring (bicyclic) bond motifs is 1. The third-order valence-corrected chi connectivity index (χ3v) is 6.81. The lowest BCUT2D eigenvalue weighted by molar-refractivity contribution is -0.274. The Bertz CT molecular complexity index is 1020. The number of hydrogen-bond donors (Lipinski definition) is 0. The van der Waals surface area contributed by atoms with Crippen molar-refractivity contribution >= 4 is 10.8 Å². The molecule has 170 valence electrons. The number of rotatable bonds is 7. The van der Waals surface area contributed by atoms with Crippen molar-refractivity contribution < 1.29 is 17.9 Å². The van der Waals surface area contributed by atoms with E-state index in [4.69, 9.17) is 0 Å². The van der Waals surface area contributed by atoms with E-state index >= 15 is 0 Å². The zero-order chi connectivity index (χ0) is 22.6. The quantitative estimate of drug-likeness (QED) is 0.357. The van der Waals surface area contributed by atoms with Crippen LogP contribution in [-0.2, 0) is 12.8 Å². The molecule has 0 aromatic heterocycles. The van der Waals surface area contributed by atoms with Crippen LogP contribution < -0.4 is 4.74 Å². The lowest BCUT2D eigenvalue weighted by Crippen LogP contribution is -2.16. The molecule has 0 bridgehead atoms. The second-order valence-electron chi connectivity index (χ2n) is 9.14. The Hall–Kier alpha value is -2.49. The van der Waals surface area contributed by atoms with Gasteiger partial charge in [0.05, 0.1) is 0 Å². The zero-order valence-corrected chi connectivity index (χ0v) is 18.6. The highest BCUT2D eigenvalue weighted by Gasteiger charge is 2.31. The molecule has 3 aromatic carbocycles. The molecule has 0 saturated heterocycles. The van der Waals surface area contributed by atoms with Gasteiger partial charge in [0.2, 0.25) is 0 Å². The Morgan fingerprint density at radius 1 is 0.781 bits per heavy atom. The number of aryl methyl sites for hydroxylation is 2. The van der Waals surface area contributed by atoms with Gasteiger partial charge in [-0.1, -0.05) is 68.3 Å². The Morgan fingerprint density at radius 2 is 1.41 bits per heavy atom. The van der Waals surface area contributed by atoms with Crippen molar-refractivity contribution in [3.8, 4) is 5.75 Å². The van der Waals surface area contributed by atoms with Crippen LogP contribution in [0.5, 0.6) is 5.75 Å². The SMILES string of the molecule is CCC[C@H]1CC[C@H](c2ccc(CCc3ccc4cc(OC(F)(F)F)ccc4c3)cc2)CC1. The molecule has 0 heterocycles. The van der Waals surface area contributed by atoms with E-state index < -0.39 is 6.36 Å². The normalized spacial score (nSPS) is 19.2. The van der Waals surface area contributed by atoms with Gasteiger partial charge in [-0.05, 0) is 90.0 Å². The monoisotopic (exact) mass is 440 g/mol. The molecular weight excluding hydrogens is 409 g/mol. The molecule has 1 saturated carbocycles. The van der Waals surface area contributed by atoms with E-state index in [0.717, 1.165) is 29.5 Å². The molecule has 4 heteroatoms. The fourth-order valence-electron chi connectivity index (χ4n) is 5.06. The van der Waals surface area contributed by atoms with Crippen LogP contribution in [0.15, 0.2) is 60.7 Å². The van der Waals surface area contributed by atoms with Crippen molar-refractivity contribution in [2.45, 2.75) is 70.6 Å². The molecule has 4 rings (SSSR count). The second kappa shape index (κ2) is 9.97. The van der Waals surface area contributed by atoms with Gasteiger partial charge in [0.15, 0.2) is 0 Å². The Morgan fingerprint density at radius 3 is 2.09 bits per heavy atom. The van der Waals surface area contributed by atoms with Crippen LogP contribution in [0.2, 0.25) is 0 Å². The fourth-order valence-corrected chi connectivity index (χ4v) is 5.06. The van der Waals surface area contributed by atoms with Crippen LogP contribution >= 0.6 is 0 Å². The van der Waals surface area contributed by atoms with E-state index in [1.54, 1.807) is 6.07 Å². The summed E-state index contributed by atoms with van der Waals surface area (Å²) in [4.78, 5) is 0. The summed E-state index contributed by atoms with van der Waals surface area (Å²) in [6, 6.07) is 19.5. The van der Waals surface area contributed by atoms with Crippen molar-refractivity contribution in [1.29, 1.82) is 0 Å². The molecule has 1 fully saturated rings. The fraction of sp³-hybridized carbons (Fsp3) is 0.429. The predicted molar refractivity (Wildman–Crippen MR) is 124 cm³/mol. The average Bonchev–Trinajstić information content (AvgIpc) is 2.78. The maximum absolute atomic E-state index is 12.4. The molecule has 3 aromatic rings. The van der Waals surface area contributed by atoms with E-state index in [1.807, 2.05) is 12.1 Å². The van der Waals surface area contributed by atoms with E-state index in [1.165, 1.54) is 67.3 Å². The first kappa shape index (κ1) is 22.7. The maximum atomic E-state index is 12.4. The first-order chi connectivity index (χ1) is 15.4. The summed E-state index contributed by atoms with van der Waals surface area (Å²) in [5, 5.41) is 1.67. The van der Waals surface area contributed by atoms with Crippen molar-refractivity contribution in [3.63, 3.8) is 0 Å². The molecule has 1 aliphatic rings. The Labute approximate surface area is 188 Å². The molecule has 1 aliphatic carbocycles. The van der Waals surface area contributed by atoms with Gasteiger partial charge in [-0.25, -0.2) is 0 Å². The zero-order valence-electron chi connectivity index (χ0n) is 18.6. The van der Waals surface area contributed by atoms with Crippen molar-refractivity contribution in [2.24, 2.45) is 5.92 Å². The van der Waals surface area contributed by atoms with Crippen molar-refractivity contribution in [1.82, 2.24) is 0 Å². The van der Waals surface area contributed by atoms with E-state index in [9.17, 15) is 13.2 Å². The average molecular weight is 441 g/mol. The van der Waals surface area contributed by atoms with Gasteiger partial charge in [0, 0.05) is 0 Å². The summed E-state index contributed by atoms with van der Waals surface area (Å²) in [7, 11) is 0. The van der Waals surface area contributed by atoms with Crippen LogP contribution in [0.3, 0.4) is 0 Å². The third-order valence-electron chi connectivity index (χ3n) is 6.81. The van der Waals surface area contributed by atoms with Gasteiger partial charge in [0.1, 0.15) is 5.75 Å². The van der Waals surface area contributed by atoms with Crippen LogP contribution in [0.4, 0.5) is 13.2 Å². The van der Waals surface area contributed by atoms with Gasteiger partial charge in [-0.15, -0.1) is 13.2 Å². The minimum Gasteiger partial charge on any atom is -0.406 e. The maximum Gasteiger partial charge on any atom is 0.573 e. The predicted octanol–water partition coefficient (Wildman–Crippen LogP) is 8.60. The summed E-state index contributed by atoms with van der Waals surface area (Å²) in [5.41, 5.74) is 3.98. The number of alkyl halides is 3. The van der Waals surface area contributed by atoms with Gasteiger partial charge < -0.3 is 4.74 Å².